The van der Waals surface area contributed by atoms with Gasteiger partial charge in [-0.1, -0.05) is 12.1 Å². The second kappa shape index (κ2) is 6.59. The molecule has 0 atom stereocenters. The summed E-state index contributed by atoms with van der Waals surface area (Å²) < 4.78 is 11.5. The Kier molecular flexibility index (Phi) is 4.36. The number of para-hydroxylation sites is 1. The maximum Gasteiger partial charge on any atom is 0.165 e. The van der Waals surface area contributed by atoms with E-state index in [0.717, 1.165) is 43.2 Å². The summed E-state index contributed by atoms with van der Waals surface area (Å²) >= 11 is 0. The highest BCUT2D eigenvalue weighted by Gasteiger charge is 2.13. The van der Waals surface area contributed by atoms with Crippen molar-refractivity contribution in [3.63, 3.8) is 0 Å². The lowest BCUT2D eigenvalue weighted by Crippen LogP contribution is -2.14. The van der Waals surface area contributed by atoms with Gasteiger partial charge in [0.15, 0.2) is 11.5 Å². The normalized spacial score (nSPS) is 13.8. The summed E-state index contributed by atoms with van der Waals surface area (Å²) in [6.07, 6.45) is 4.65. The van der Waals surface area contributed by atoms with Gasteiger partial charge in [0.2, 0.25) is 0 Å². The third kappa shape index (κ3) is 3.34. The third-order valence-corrected chi connectivity index (χ3v) is 3.62. The highest BCUT2D eigenvalue weighted by atomic mass is 16.5. The van der Waals surface area contributed by atoms with Gasteiger partial charge in [0, 0.05) is 37.5 Å². The summed E-state index contributed by atoms with van der Waals surface area (Å²) in [7, 11) is 0. The van der Waals surface area contributed by atoms with Gasteiger partial charge in [-0.15, -0.1) is 0 Å². The molecule has 1 aromatic heterocycles. The highest BCUT2D eigenvalue weighted by molar-refractivity contribution is 5.47. The molecule has 0 radical (unpaired) electrons. The van der Waals surface area contributed by atoms with Crippen LogP contribution in [0, 0.1) is 6.92 Å². The third-order valence-electron chi connectivity index (χ3n) is 3.62. The molecule has 0 unspecified atom stereocenters. The summed E-state index contributed by atoms with van der Waals surface area (Å²) in [5.41, 5.74) is 3.61. The Hall–Kier alpha value is -2.07. The number of aryl methyl sites for hydroxylation is 1. The molecule has 4 nitrogen and oxygen atoms in total. The van der Waals surface area contributed by atoms with Crippen LogP contribution in [0.4, 0.5) is 0 Å². The second-order valence-electron chi connectivity index (χ2n) is 5.20. The van der Waals surface area contributed by atoms with E-state index >= 15 is 0 Å². The lowest BCUT2D eigenvalue weighted by molar-refractivity contribution is 0.296. The number of aromatic nitrogens is 1. The monoisotopic (exact) mass is 284 g/mol. The van der Waals surface area contributed by atoms with Crippen LogP contribution in [0.3, 0.4) is 0 Å². The second-order valence-corrected chi connectivity index (χ2v) is 5.20. The lowest BCUT2D eigenvalue weighted by Gasteiger charge is -2.13. The zero-order chi connectivity index (χ0) is 14.5. The number of hydrogen-bond donors (Lipinski definition) is 1. The van der Waals surface area contributed by atoms with E-state index in [1.54, 1.807) is 0 Å². The first-order valence-corrected chi connectivity index (χ1v) is 7.32. The van der Waals surface area contributed by atoms with Gasteiger partial charge in [0.05, 0.1) is 13.2 Å². The smallest absolute Gasteiger partial charge is 0.165 e. The highest BCUT2D eigenvalue weighted by Crippen LogP contribution is 2.33. The van der Waals surface area contributed by atoms with E-state index in [4.69, 9.17) is 9.47 Å². The molecule has 2 heterocycles. The molecule has 0 fully saturated rings. The molecule has 0 amide bonds. The van der Waals surface area contributed by atoms with Crippen molar-refractivity contribution < 1.29 is 9.47 Å². The fourth-order valence-electron chi connectivity index (χ4n) is 2.43. The summed E-state index contributed by atoms with van der Waals surface area (Å²) in [6.45, 7) is 5.09. The molecule has 3 rings (SSSR count). The number of pyridine rings is 1. The number of nitrogens with one attached hydrogen (secondary N) is 1. The Morgan fingerprint density at radius 2 is 1.95 bits per heavy atom. The van der Waals surface area contributed by atoms with Crippen LogP contribution in [0.25, 0.3) is 0 Å². The Labute approximate surface area is 125 Å². The first-order chi connectivity index (χ1) is 10.3. The Morgan fingerprint density at radius 1 is 1.10 bits per heavy atom. The van der Waals surface area contributed by atoms with Gasteiger partial charge in [0.25, 0.3) is 0 Å². The fourth-order valence-corrected chi connectivity index (χ4v) is 2.43. The minimum absolute atomic E-state index is 0.716. The van der Waals surface area contributed by atoms with Crippen LogP contribution < -0.4 is 14.8 Å². The van der Waals surface area contributed by atoms with Crippen LogP contribution in [-0.4, -0.2) is 18.2 Å². The lowest BCUT2D eigenvalue weighted by atomic mass is 10.1. The van der Waals surface area contributed by atoms with Crippen LogP contribution in [0.5, 0.6) is 11.5 Å². The SMILES string of the molecule is Cc1cnccc1CNCc1cccc2c1OCCCO2. The molecule has 0 saturated heterocycles. The minimum Gasteiger partial charge on any atom is -0.490 e. The van der Waals surface area contributed by atoms with Crippen molar-refractivity contribution in [3.05, 3.63) is 53.3 Å². The maximum absolute atomic E-state index is 5.83. The van der Waals surface area contributed by atoms with Gasteiger partial charge >= 0.3 is 0 Å². The standard InChI is InChI=1S/C17H20N2O2/c1-13-10-18-7-6-14(13)11-19-12-15-4-2-5-16-17(15)21-9-3-8-20-16/h2,4-7,10,19H,3,8-9,11-12H2,1H3. The molecule has 1 aromatic carbocycles. The van der Waals surface area contributed by atoms with Crippen molar-refractivity contribution >= 4 is 0 Å². The fraction of sp³-hybridized carbons (Fsp3) is 0.353. The van der Waals surface area contributed by atoms with Crippen molar-refractivity contribution in [2.45, 2.75) is 26.4 Å². The first kappa shape index (κ1) is 13.9. The van der Waals surface area contributed by atoms with Crippen LogP contribution in [0.2, 0.25) is 0 Å². The van der Waals surface area contributed by atoms with Gasteiger partial charge in [-0.25, -0.2) is 0 Å². The number of ether oxygens (including phenoxy) is 2. The van der Waals surface area contributed by atoms with Crippen LogP contribution >= 0.6 is 0 Å². The quantitative estimate of drug-likeness (QED) is 0.937. The Morgan fingerprint density at radius 3 is 2.86 bits per heavy atom. The molecular formula is C17H20N2O2. The van der Waals surface area contributed by atoms with E-state index in [1.165, 1.54) is 11.1 Å². The Balaban J connectivity index is 1.67. The van der Waals surface area contributed by atoms with Crippen molar-refractivity contribution in [1.29, 1.82) is 0 Å². The summed E-state index contributed by atoms with van der Waals surface area (Å²) in [6, 6.07) is 8.12. The maximum atomic E-state index is 5.83. The Bertz CT molecular complexity index is 613. The van der Waals surface area contributed by atoms with E-state index in [2.05, 4.69) is 23.3 Å². The molecule has 1 aliphatic heterocycles. The number of benzene rings is 1. The molecule has 2 aromatic rings. The van der Waals surface area contributed by atoms with Crippen molar-refractivity contribution in [2.75, 3.05) is 13.2 Å². The molecule has 110 valence electrons. The van der Waals surface area contributed by atoms with Crippen molar-refractivity contribution in [3.8, 4) is 11.5 Å². The molecule has 4 heteroatoms. The van der Waals surface area contributed by atoms with Gasteiger partial charge in [-0.05, 0) is 30.2 Å². The topological polar surface area (TPSA) is 43.4 Å². The minimum atomic E-state index is 0.716. The average molecular weight is 284 g/mol. The van der Waals surface area contributed by atoms with E-state index < -0.39 is 0 Å². The average Bonchev–Trinajstić information content (AvgIpc) is 2.75. The van der Waals surface area contributed by atoms with Crippen molar-refractivity contribution in [2.24, 2.45) is 0 Å². The van der Waals surface area contributed by atoms with Crippen LogP contribution in [0.15, 0.2) is 36.7 Å². The zero-order valence-corrected chi connectivity index (χ0v) is 12.3. The molecule has 0 saturated carbocycles. The van der Waals surface area contributed by atoms with Crippen LogP contribution in [-0.2, 0) is 13.1 Å². The molecule has 0 aliphatic carbocycles. The van der Waals surface area contributed by atoms with Crippen molar-refractivity contribution in [1.82, 2.24) is 10.3 Å². The number of rotatable bonds is 4. The summed E-state index contributed by atoms with van der Waals surface area (Å²) in [5, 5.41) is 3.47. The number of fused-ring (bicyclic) bond motifs is 1. The van der Waals surface area contributed by atoms with Gasteiger partial charge < -0.3 is 14.8 Å². The van der Waals surface area contributed by atoms with E-state index in [-0.39, 0.29) is 0 Å². The molecular weight excluding hydrogens is 264 g/mol. The molecule has 0 bridgehead atoms. The number of nitrogens with zero attached hydrogens (tertiary/aromatic N) is 1. The molecule has 1 N–H and O–H groups in total. The summed E-state index contributed by atoms with van der Waals surface area (Å²) in [5.74, 6) is 1.74. The molecule has 21 heavy (non-hydrogen) atoms. The number of hydrogen-bond acceptors (Lipinski definition) is 4. The van der Waals surface area contributed by atoms with E-state index in [0.29, 0.717) is 6.61 Å². The summed E-state index contributed by atoms with van der Waals surface area (Å²) in [4.78, 5) is 4.11. The zero-order valence-electron chi connectivity index (χ0n) is 12.3. The van der Waals surface area contributed by atoms with Gasteiger partial charge in [-0.2, -0.15) is 0 Å². The molecule has 1 aliphatic rings. The predicted molar refractivity (Wildman–Crippen MR) is 81.6 cm³/mol. The van der Waals surface area contributed by atoms with Crippen LogP contribution in [0.1, 0.15) is 23.1 Å². The van der Waals surface area contributed by atoms with Gasteiger partial charge in [-0.3, -0.25) is 4.98 Å². The van der Waals surface area contributed by atoms with E-state index in [1.807, 2.05) is 30.6 Å². The van der Waals surface area contributed by atoms with E-state index in [9.17, 15) is 0 Å². The predicted octanol–water partition coefficient (Wildman–Crippen LogP) is 2.84. The van der Waals surface area contributed by atoms with Gasteiger partial charge in [0.1, 0.15) is 0 Å². The molecule has 0 spiro atoms. The first-order valence-electron chi connectivity index (χ1n) is 7.32. The largest absolute Gasteiger partial charge is 0.490 e.